The molecule has 0 aliphatic rings. The fourth-order valence-corrected chi connectivity index (χ4v) is 3.38. The monoisotopic (exact) mass is 451 g/mol. The van der Waals surface area contributed by atoms with Gasteiger partial charge in [-0.05, 0) is 48.9 Å². The zero-order chi connectivity index (χ0) is 22.8. The van der Waals surface area contributed by atoms with Gasteiger partial charge >= 0.3 is 5.97 Å². The van der Waals surface area contributed by atoms with Gasteiger partial charge in [0.05, 0.1) is 24.6 Å². The Morgan fingerprint density at radius 2 is 1.91 bits per heavy atom. The third-order valence-corrected chi connectivity index (χ3v) is 5.09. The van der Waals surface area contributed by atoms with Crippen LogP contribution in [0.5, 0.6) is 0 Å². The Kier molecular flexibility index (Phi) is 5.74. The number of hydrogen-bond acceptors (Lipinski definition) is 6. The number of esters is 1. The Hall–Kier alpha value is -3.98. The number of methoxy groups -OCH3 is 1. The molecule has 1 amide bonds. The molecular formula is C22H18ClN5O4. The third kappa shape index (κ3) is 4.10. The van der Waals surface area contributed by atoms with Crippen LogP contribution >= 0.6 is 11.6 Å². The molecule has 0 bridgehead atoms. The molecular weight excluding hydrogens is 434 g/mol. The van der Waals surface area contributed by atoms with Crippen LogP contribution in [0.25, 0.3) is 16.7 Å². The molecule has 10 heteroatoms. The van der Waals surface area contributed by atoms with Crippen molar-refractivity contribution in [3.05, 3.63) is 81.5 Å². The average molecular weight is 452 g/mol. The van der Waals surface area contributed by atoms with Crippen LogP contribution in [0.4, 0.5) is 5.69 Å². The summed E-state index contributed by atoms with van der Waals surface area (Å²) in [7, 11) is 1.29. The molecule has 4 aromatic rings. The maximum Gasteiger partial charge on any atom is 0.337 e. The van der Waals surface area contributed by atoms with E-state index in [1.807, 2.05) is 13.0 Å². The van der Waals surface area contributed by atoms with Gasteiger partial charge in [-0.2, -0.15) is 5.10 Å². The molecule has 0 atom stereocenters. The molecule has 0 saturated carbocycles. The minimum atomic E-state index is -0.470. The van der Waals surface area contributed by atoms with E-state index in [4.69, 9.17) is 11.6 Å². The van der Waals surface area contributed by atoms with Crippen molar-refractivity contribution in [2.24, 2.45) is 0 Å². The van der Waals surface area contributed by atoms with Crippen LogP contribution in [0.3, 0.4) is 0 Å². The molecule has 0 aliphatic heterocycles. The number of nitrogens with zero attached hydrogens (tertiary/aromatic N) is 4. The molecule has 0 spiro atoms. The summed E-state index contributed by atoms with van der Waals surface area (Å²) in [5.74, 6) is -0.889. The van der Waals surface area contributed by atoms with E-state index in [1.54, 1.807) is 28.9 Å². The second kappa shape index (κ2) is 8.64. The van der Waals surface area contributed by atoms with Gasteiger partial charge in [0.2, 0.25) is 5.91 Å². The minimum absolute atomic E-state index is 0.234. The number of hydrogen-bond donors (Lipinski definition) is 1. The number of carbonyl (C=O) groups is 2. The number of ether oxygens (including phenoxy) is 1. The third-order valence-electron chi connectivity index (χ3n) is 4.86. The summed E-state index contributed by atoms with van der Waals surface area (Å²) < 4.78 is 7.39. The molecule has 0 unspecified atom stereocenters. The second-order valence-corrected chi connectivity index (χ2v) is 7.46. The zero-order valence-electron chi connectivity index (χ0n) is 17.2. The van der Waals surface area contributed by atoms with Gasteiger partial charge in [-0.3, -0.25) is 14.2 Å². The van der Waals surface area contributed by atoms with E-state index < -0.39 is 17.4 Å². The average Bonchev–Trinajstić information content (AvgIpc) is 3.22. The lowest BCUT2D eigenvalue weighted by Crippen LogP contribution is -2.27. The van der Waals surface area contributed by atoms with Crippen molar-refractivity contribution in [1.82, 2.24) is 19.3 Å². The fraction of sp³-hybridized carbons (Fsp3) is 0.136. The van der Waals surface area contributed by atoms with E-state index in [9.17, 15) is 14.4 Å². The summed E-state index contributed by atoms with van der Waals surface area (Å²) in [4.78, 5) is 41.1. The molecule has 0 radical (unpaired) electrons. The molecule has 0 aliphatic carbocycles. The van der Waals surface area contributed by atoms with Crippen LogP contribution in [0.2, 0.25) is 5.02 Å². The van der Waals surface area contributed by atoms with Crippen molar-refractivity contribution in [2.75, 3.05) is 12.4 Å². The Labute approximate surface area is 187 Å². The molecule has 1 N–H and O–H groups in total. The molecule has 0 fully saturated rings. The highest BCUT2D eigenvalue weighted by atomic mass is 35.5. The van der Waals surface area contributed by atoms with E-state index in [-0.39, 0.29) is 11.9 Å². The van der Waals surface area contributed by atoms with Crippen LogP contribution < -0.4 is 10.9 Å². The van der Waals surface area contributed by atoms with Crippen molar-refractivity contribution < 1.29 is 14.3 Å². The molecule has 32 heavy (non-hydrogen) atoms. The number of aryl methyl sites for hydroxylation is 1. The van der Waals surface area contributed by atoms with Crippen LogP contribution in [0, 0.1) is 6.92 Å². The normalized spacial score (nSPS) is 10.8. The Bertz CT molecular complexity index is 1390. The van der Waals surface area contributed by atoms with E-state index >= 15 is 0 Å². The number of carbonyl (C=O) groups excluding carboxylic acids is 2. The fourth-order valence-electron chi connectivity index (χ4n) is 3.21. The Morgan fingerprint density at radius 1 is 1.16 bits per heavy atom. The summed E-state index contributed by atoms with van der Waals surface area (Å²) in [5, 5.41) is 7.79. The van der Waals surface area contributed by atoms with Gasteiger partial charge in [0.1, 0.15) is 18.3 Å². The summed E-state index contributed by atoms with van der Waals surface area (Å²) in [6.45, 7) is 1.67. The second-order valence-electron chi connectivity index (χ2n) is 7.02. The van der Waals surface area contributed by atoms with E-state index in [2.05, 4.69) is 20.1 Å². The Morgan fingerprint density at radius 3 is 2.62 bits per heavy atom. The first-order chi connectivity index (χ1) is 15.4. The molecule has 2 heterocycles. The van der Waals surface area contributed by atoms with Crippen molar-refractivity contribution in [1.29, 1.82) is 0 Å². The highest BCUT2D eigenvalue weighted by Gasteiger charge is 2.15. The highest BCUT2D eigenvalue weighted by molar-refractivity contribution is 6.30. The summed E-state index contributed by atoms with van der Waals surface area (Å²) in [6.07, 6.45) is 2.73. The minimum Gasteiger partial charge on any atom is -0.465 e. The van der Waals surface area contributed by atoms with Crippen molar-refractivity contribution in [3.8, 4) is 5.69 Å². The largest absolute Gasteiger partial charge is 0.465 e. The van der Waals surface area contributed by atoms with E-state index in [1.165, 1.54) is 36.3 Å². The number of halogens is 1. The van der Waals surface area contributed by atoms with Crippen LogP contribution in [-0.2, 0) is 16.1 Å². The molecule has 0 saturated heterocycles. The number of benzene rings is 2. The standard InChI is InChI=1S/C22H18ClN5O4/c1-13-3-6-15(23)9-18(13)28-20-17(10-25-28)21(30)27(12-24-20)11-19(29)26-16-7-4-14(5-8-16)22(31)32-2/h3-10,12H,11H2,1-2H3,(H,26,29). The summed E-state index contributed by atoms with van der Waals surface area (Å²) >= 11 is 6.10. The number of anilines is 1. The lowest BCUT2D eigenvalue weighted by molar-refractivity contribution is -0.116. The first-order valence-electron chi connectivity index (χ1n) is 9.55. The van der Waals surface area contributed by atoms with E-state index in [0.717, 1.165) is 5.56 Å². The van der Waals surface area contributed by atoms with Crippen molar-refractivity contribution in [2.45, 2.75) is 13.5 Å². The lowest BCUT2D eigenvalue weighted by Gasteiger charge is -2.09. The molecule has 162 valence electrons. The van der Waals surface area contributed by atoms with Gasteiger partial charge in [0.25, 0.3) is 5.56 Å². The Balaban J connectivity index is 1.56. The van der Waals surface area contributed by atoms with Crippen LogP contribution in [-0.4, -0.2) is 38.3 Å². The topological polar surface area (TPSA) is 108 Å². The highest BCUT2D eigenvalue weighted by Crippen LogP contribution is 2.21. The van der Waals surface area contributed by atoms with Gasteiger partial charge in [-0.15, -0.1) is 0 Å². The quantitative estimate of drug-likeness (QED) is 0.467. The SMILES string of the molecule is COC(=O)c1ccc(NC(=O)Cn2cnc3c(cnn3-c3cc(Cl)ccc3C)c2=O)cc1. The predicted molar refractivity (Wildman–Crippen MR) is 119 cm³/mol. The zero-order valence-corrected chi connectivity index (χ0v) is 18.0. The molecule has 9 nitrogen and oxygen atoms in total. The van der Waals surface area contributed by atoms with Gasteiger partial charge in [-0.1, -0.05) is 17.7 Å². The first-order valence-corrected chi connectivity index (χ1v) is 9.93. The van der Waals surface area contributed by atoms with Crippen LogP contribution in [0.15, 0.2) is 59.8 Å². The number of aromatic nitrogens is 4. The van der Waals surface area contributed by atoms with Gasteiger partial charge < -0.3 is 10.1 Å². The molecule has 2 aromatic heterocycles. The number of nitrogens with one attached hydrogen (secondary N) is 1. The van der Waals surface area contributed by atoms with E-state index in [0.29, 0.717) is 27.6 Å². The van der Waals surface area contributed by atoms with Crippen molar-refractivity contribution >= 4 is 40.2 Å². The number of fused-ring (bicyclic) bond motifs is 1. The maximum absolute atomic E-state index is 12.9. The van der Waals surface area contributed by atoms with Crippen molar-refractivity contribution in [3.63, 3.8) is 0 Å². The lowest BCUT2D eigenvalue weighted by atomic mass is 10.2. The number of rotatable bonds is 5. The smallest absolute Gasteiger partial charge is 0.337 e. The van der Waals surface area contributed by atoms with Gasteiger partial charge in [0, 0.05) is 10.7 Å². The summed E-state index contributed by atoms with van der Waals surface area (Å²) in [5.41, 5.74) is 2.46. The molecule has 2 aromatic carbocycles. The first kappa shape index (κ1) is 21.3. The van der Waals surface area contributed by atoms with Gasteiger partial charge in [-0.25, -0.2) is 14.5 Å². The predicted octanol–water partition coefficient (Wildman–Crippen LogP) is 2.97. The summed E-state index contributed by atoms with van der Waals surface area (Å²) in [6, 6.07) is 11.6. The molecule has 4 rings (SSSR count). The number of amides is 1. The maximum atomic E-state index is 12.9. The van der Waals surface area contributed by atoms with Crippen LogP contribution in [0.1, 0.15) is 15.9 Å². The van der Waals surface area contributed by atoms with Gasteiger partial charge in [0.15, 0.2) is 5.65 Å².